The lowest BCUT2D eigenvalue weighted by Gasteiger charge is -2.16. The fourth-order valence-electron chi connectivity index (χ4n) is 2.54. The first kappa shape index (κ1) is 22.5. The first-order chi connectivity index (χ1) is 13.1. The van der Waals surface area contributed by atoms with Crippen molar-refractivity contribution in [3.63, 3.8) is 0 Å². The van der Waals surface area contributed by atoms with Gasteiger partial charge in [-0.05, 0) is 44.5 Å². The smallest absolute Gasteiger partial charge is 0.266 e. The zero-order valence-electron chi connectivity index (χ0n) is 16.3. The molecule has 0 amide bonds. The van der Waals surface area contributed by atoms with E-state index in [2.05, 4.69) is 0 Å². The molecule has 28 heavy (non-hydrogen) atoms. The van der Waals surface area contributed by atoms with Gasteiger partial charge >= 0.3 is 0 Å². The van der Waals surface area contributed by atoms with Gasteiger partial charge < -0.3 is 0 Å². The topological polar surface area (TPSA) is 86.7 Å². The molecule has 0 aromatic heterocycles. The summed E-state index contributed by atoms with van der Waals surface area (Å²) in [6, 6.07) is 12.7. The van der Waals surface area contributed by atoms with Crippen molar-refractivity contribution in [1.29, 1.82) is 0 Å². The summed E-state index contributed by atoms with van der Waals surface area (Å²) in [5, 5.41) is 0. The Morgan fingerprint density at radius 1 is 0.714 bits per heavy atom. The number of benzene rings is 2. The van der Waals surface area contributed by atoms with E-state index in [1.807, 2.05) is 20.8 Å². The average molecular weight is 427 g/mol. The van der Waals surface area contributed by atoms with Crippen molar-refractivity contribution < 1.29 is 25.2 Å². The van der Waals surface area contributed by atoms with Crippen LogP contribution < -0.4 is 0 Å². The van der Waals surface area contributed by atoms with Gasteiger partial charge in [-0.2, -0.15) is 16.8 Å². The van der Waals surface area contributed by atoms with Crippen molar-refractivity contribution >= 4 is 20.2 Å². The van der Waals surface area contributed by atoms with E-state index in [-0.39, 0.29) is 28.9 Å². The Hall–Kier alpha value is -1.74. The molecule has 0 heterocycles. The molecule has 0 atom stereocenters. The molecule has 2 aromatic rings. The van der Waals surface area contributed by atoms with Gasteiger partial charge in [-0.1, -0.05) is 48.7 Å². The second kappa shape index (κ2) is 9.65. The summed E-state index contributed by atoms with van der Waals surface area (Å²) in [7, 11) is -7.81. The number of aryl methyl sites for hydroxylation is 2. The van der Waals surface area contributed by atoms with Crippen molar-refractivity contribution in [3.8, 4) is 0 Å². The molecule has 6 nitrogen and oxygen atoms in total. The Balaban J connectivity index is 2.01. The first-order valence-corrected chi connectivity index (χ1v) is 11.9. The molecule has 0 N–H and O–H groups in total. The monoisotopic (exact) mass is 426 g/mol. The van der Waals surface area contributed by atoms with Gasteiger partial charge in [-0.15, -0.1) is 0 Å². The maximum Gasteiger partial charge on any atom is 0.296 e. The predicted octanol–water partition coefficient (Wildman–Crippen LogP) is 3.83. The minimum atomic E-state index is -3.91. The van der Waals surface area contributed by atoms with E-state index >= 15 is 0 Å². The molecule has 0 radical (unpaired) electrons. The van der Waals surface area contributed by atoms with Gasteiger partial charge in [-0.25, -0.2) is 0 Å². The van der Waals surface area contributed by atoms with E-state index < -0.39 is 20.2 Å². The lowest BCUT2D eigenvalue weighted by molar-refractivity contribution is 0.176. The highest BCUT2D eigenvalue weighted by atomic mass is 32.2. The molecule has 0 spiro atoms. The summed E-state index contributed by atoms with van der Waals surface area (Å²) in [6.45, 7) is 5.36. The highest BCUT2D eigenvalue weighted by Crippen LogP contribution is 2.19. The quantitative estimate of drug-likeness (QED) is 0.537. The van der Waals surface area contributed by atoms with Crippen LogP contribution in [0.4, 0.5) is 0 Å². The van der Waals surface area contributed by atoms with E-state index in [0.717, 1.165) is 17.5 Å². The summed E-state index contributed by atoms with van der Waals surface area (Å²) >= 11 is 0. The molecule has 154 valence electrons. The van der Waals surface area contributed by atoms with Gasteiger partial charge in [0.2, 0.25) is 0 Å². The Labute approximate surface area is 167 Å². The van der Waals surface area contributed by atoms with E-state index in [1.165, 1.54) is 24.3 Å². The van der Waals surface area contributed by atoms with Crippen molar-refractivity contribution in [2.24, 2.45) is 5.92 Å². The molecule has 2 aromatic carbocycles. The fraction of sp³-hybridized carbons (Fsp3) is 0.400. The second-order valence-corrected chi connectivity index (χ2v) is 9.99. The van der Waals surface area contributed by atoms with Gasteiger partial charge in [0.15, 0.2) is 0 Å². The molecule has 0 saturated heterocycles. The SMILES string of the molecule is CCCC(COS(=O)(=O)c1ccc(C)cc1)COS(=O)(=O)c1ccc(C)cc1. The van der Waals surface area contributed by atoms with E-state index in [0.29, 0.717) is 6.42 Å². The standard InChI is InChI=1S/C20H26O6S2/c1-4-5-18(14-25-27(21,22)19-10-6-16(2)7-11-19)15-26-28(23,24)20-12-8-17(3)9-13-20/h6-13,18H,4-5,14-15H2,1-3H3. The van der Waals surface area contributed by atoms with Gasteiger partial charge in [0.05, 0.1) is 23.0 Å². The molecule has 0 unspecified atom stereocenters. The van der Waals surface area contributed by atoms with Crippen LogP contribution in [-0.2, 0) is 28.6 Å². The third-order valence-electron chi connectivity index (χ3n) is 4.23. The molecule has 0 aliphatic carbocycles. The highest BCUT2D eigenvalue weighted by molar-refractivity contribution is 7.87. The normalized spacial score (nSPS) is 12.4. The molecule has 2 rings (SSSR count). The zero-order valence-corrected chi connectivity index (χ0v) is 17.9. The van der Waals surface area contributed by atoms with Gasteiger partial charge in [0.1, 0.15) is 0 Å². The van der Waals surface area contributed by atoms with Crippen LogP contribution >= 0.6 is 0 Å². The van der Waals surface area contributed by atoms with Crippen LogP contribution in [0.25, 0.3) is 0 Å². The van der Waals surface area contributed by atoms with Crippen molar-refractivity contribution in [2.75, 3.05) is 13.2 Å². The molecule has 0 aliphatic rings. The minimum Gasteiger partial charge on any atom is -0.266 e. The Bertz CT molecular complexity index is 883. The summed E-state index contributed by atoms with van der Waals surface area (Å²) < 4.78 is 59.6. The van der Waals surface area contributed by atoms with Crippen molar-refractivity contribution in [3.05, 3.63) is 59.7 Å². The largest absolute Gasteiger partial charge is 0.296 e. The van der Waals surface area contributed by atoms with Crippen LogP contribution in [0, 0.1) is 19.8 Å². The molecule has 0 bridgehead atoms. The third-order valence-corrected chi connectivity index (χ3v) is 6.83. The molecule has 8 heteroatoms. The Kier molecular flexibility index (Phi) is 7.77. The van der Waals surface area contributed by atoms with Gasteiger partial charge in [0, 0.05) is 5.92 Å². The maximum atomic E-state index is 12.3. The van der Waals surface area contributed by atoms with E-state index in [4.69, 9.17) is 8.37 Å². The van der Waals surface area contributed by atoms with Crippen molar-refractivity contribution in [2.45, 2.75) is 43.4 Å². The third kappa shape index (κ3) is 6.41. The average Bonchev–Trinajstić information content (AvgIpc) is 2.65. The van der Waals surface area contributed by atoms with E-state index in [1.54, 1.807) is 24.3 Å². The minimum absolute atomic E-state index is 0.0709. The summed E-state index contributed by atoms with van der Waals surface area (Å²) in [6.07, 6.45) is 1.32. The molecule has 0 saturated carbocycles. The molecular formula is C20H26O6S2. The van der Waals surface area contributed by atoms with Crippen LogP contribution in [0.15, 0.2) is 58.3 Å². The van der Waals surface area contributed by atoms with Crippen LogP contribution in [0.2, 0.25) is 0 Å². The Morgan fingerprint density at radius 2 is 1.07 bits per heavy atom. The summed E-state index contributed by atoms with van der Waals surface area (Å²) in [5.41, 5.74) is 1.88. The molecule has 0 fully saturated rings. The molecular weight excluding hydrogens is 400 g/mol. The summed E-state index contributed by atoms with van der Waals surface area (Å²) in [4.78, 5) is 0.142. The van der Waals surface area contributed by atoms with E-state index in [9.17, 15) is 16.8 Å². The zero-order chi connectivity index (χ0) is 20.8. The number of hydrogen-bond acceptors (Lipinski definition) is 6. The number of rotatable bonds is 10. The van der Waals surface area contributed by atoms with Crippen LogP contribution in [-0.4, -0.2) is 30.0 Å². The number of hydrogen-bond donors (Lipinski definition) is 0. The van der Waals surface area contributed by atoms with Crippen molar-refractivity contribution in [1.82, 2.24) is 0 Å². The fourth-order valence-corrected chi connectivity index (χ4v) is 4.49. The first-order valence-electron chi connectivity index (χ1n) is 9.06. The lowest BCUT2D eigenvalue weighted by Crippen LogP contribution is -2.21. The van der Waals surface area contributed by atoms with Gasteiger partial charge in [-0.3, -0.25) is 8.37 Å². The maximum absolute atomic E-state index is 12.3. The lowest BCUT2D eigenvalue weighted by atomic mass is 10.1. The summed E-state index contributed by atoms with van der Waals surface area (Å²) in [5.74, 6) is -0.370. The molecule has 0 aliphatic heterocycles. The predicted molar refractivity (Wildman–Crippen MR) is 107 cm³/mol. The van der Waals surface area contributed by atoms with Gasteiger partial charge in [0.25, 0.3) is 20.2 Å². The van der Waals surface area contributed by atoms with Crippen LogP contribution in [0.5, 0.6) is 0 Å². The highest BCUT2D eigenvalue weighted by Gasteiger charge is 2.22. The Morgan fingerprint density at radius 3 is 1.39 bits per heavy atom. The second-order valence-electron chi connectivity index (χ2n) is 6.76. The van der Waals surface area contributed by atoms with Crippen LogP contribution in [0.3, 0.4) is 0 Å². The van der Waals surface area contributed by atoms with Crippen LogP contribution in [0.1, 0.15) is 30.9 Å².